The minimum Gasteiger partial charge on any atom is -0.444 e. The molecule has 0 aromatic heterocycles. The minimum absolute atomic E-state index is 0.453. The van der Waals surface area contributed by atoms with Crippen molar-refractivity contribution in [1.82, 2.24) is 10.2 Å². The van der Waals surface area contributed by atoms with Crippen molar-refractivity contribution >= 4 is 23.6 Å². The van der Waals surface area contributed by atoms with Gasteiger partial charge in [0.15, 0.2) is 0 Å². The van der Waals surface area contributed by atoms with Crippen LogP contribution in [0.2, 0.25) is 0 Å². The van der Waals surface area contributed by atoms with Gasteiger partial charge in [0.1, 0.15) is 24.2 Å². The summed E-state index contributed by atoms with van der Waals surface area (Å²) in [5.74, 6) is -1.32. The maximum atomic E-state index is 13.7. The Morgan fingerprint density at radius 2 is 1.68 bits per heavy atom. The number of benzene rings is 2. The van der Waals surface area contributed by atoms with Crippen molar-refractivity contribution in [2.75, 3.05) is 18.5 Å². The highest BCUT2D eigenvalue weighted by molar-refractivity contribution is 6.00. The number of aliphatic hydroxyl groups excluding tert-OH is 1. The second-order valence-electron chi connectivity index (χ2n) is 9.76. The molecule has 2 aromatic rings. The Balaban J connectivity index is 2.50. The van der Waals surface area contributed by atoms with Crippen molar-refractivity contribution in [1.29, 1.82) is 5.26 Å². The molecule has 2 atom stereocenters. The van der Waals surface area contributed by atoms with E-state index in [0.29, 0.717) is 11.3 Å². The second-order valence-corrected chi connectivity index (χ2v) is 9.76. The predicted molar refractivity (Wildman–Crippen MR) is 141 cm³/mol. The van der Waals surface area contributed by atoms with Crippen LogP contribution in [0.3, 0.4) is 0 Å². The fourth-order valence-electron chi connectivity index (χ4n) is 3.82. The molecular formula is C28H36N4O5. The van der Waals surface area contributed by atoms with Gasteiger partial charge in [-0.3, -0.25) is 9.59 Å². The van der Waals surface area contributed by atoms with Crippen LogP contribution in [-0.2, 0) is 20.7 Å². The number of ether oxygens (including phenoxy) is 1. The van der Waals surface area contributed by atoms with Gasteiger partial charge in [-0.1, -0.05) is 49.4 Å². The minimum atomic E-state index is -1.42. The molecule has 0 bridgehead atoms. The topological polar surface area (TPSA) is 132 Å². The standard InChI is InChI=1S/C28H36N4O5/c1-7-20-11-13-21(14-12-20)24(25(34)31-23-18(2)9-8-10-19(23)3)32(16-15-29)26(35)22(17-33)30-27(36)37-28(4,5)6/h8-14,22,24,33H,7,16-17H2,1-6H3,(H,30,36)(H,31,34). The molecule has 0 fully saturated rings. The number of hydrogen-bond acceptors (Lipinski definition) is 6. The number of rotatable bonds is 9. The average molecular weight is 509 g/mol. The lowest BCUT2D eigenvalue weighted by Crippen LogP contribution is -2.54. The number of aryl methyl sites for hydroxylation is 3. The maximum Gasteiger partial charge on any atom is 0.408 e. The monoisotopic (exact) mass is 508 g/mol. The molecule has 0 aliphatic heterocycles. The summed E-state index contributed by atoms with van der Waals surface area (Å²) in [5.41, 5.74) is 2.98. The van der Waals surface area contributed by atoms with Gasteiger partial charge >= 0.3 is 6.09 Å². The van der Waals surface area contributed by atoms with Gasteiger partial charge in [-0.15, -0.1) is 0 Å². The number of nitrogens with one attached hydrogen (secondary N) is 2. The summed E-state index contributed by atoms with van der Waals surface area (Å²) in [6.45, 7) is 9.51. The number of carbonyl (C=O) groups excluding carboxylic acids is 3. The SMILES string of the molecule is CCc1ccc(C(C(=O)Nc2c(C)cccc2C)N(CC#N)C(=O)C(CO)NC(=O)OC(C)(C)C)cc1. The summed E-state index contributed by atoms with van der Waals surface area (Å²) in [6.07, 6.45) is -0.118. The number of alkyl carbamates (subject to hydrolysis) is 1. The molecular weight excluding hydrogens is 472 g/mol. The fraction of sp³-hybridized carbons (Fsp3) is 0.429. The normalized spacial score (nSPS) is 12.6. The second kappa shape index (κ2) is 12.9. The Bertz CT molecular complexity index is 1130. The van der Waals surface area contributed by atoms with Gasteiger partial charge in [-0.2, -0.15) is 5.26 Å². The van der Waals surface area contributed by atoms with Crippen LogP contribution in [0.4, 0.5) is 10.5 Å². The van der Waals surface area contributed by atoms with Gasteiger partial charge in [-0.25, -0.2) is 4.79 Å². The highest BCUT2D eigenvalue weighted by Gasteiger charge is 2.36. The molecule has 0 aliphatic carbocycles. The van der Waals surface area contributed by atoms with Gasteiger partial charge in [0.25, 0.3) is 5.91 Å². The highest BCUT2D eigenvalue weighted by atomic mass is 16.6. The van der Waals surface area contributed by atoms with Gasteiger partial charge in [0.05, 0.1) is 12.7 Å². The molecule has 37 heavy (non-hydrogen) atoms. The summed E-state index contributed by atoms with van der Waals surface area (Å²) in [6, 6.07) is 12.1. The van der Waals surface area contributed by atoms with E-state index in [-0.39, 0.29) is 0 Å². The van der Waals surface area contributed by atoms with E-state index >= 15 is 0 Å². The first-order valence-electron chi connectivity index (χ1n) is 12.2. The number of para-hydroxylation sites is 1. The number of amides is 3. The largest absolute Gasteiger partial charge is 0.444 e. The molecule has 0 saturated heterocycles. The molecule has 3 amide bonds. The lowest BCUT2D eigenvalue weighted by Gasteiger charge is -2.32. The maximum absolute atomic E-state index is 13.7. The van der Waals surface area contributed by atoms with Crippen LogP contribution >= 0.6 is 0 Å². The van der Waals surface area contributed by atoms with E-state index in [2.05, 4.69) is 10.6 Å². The van der Waals surface area contributed by atoms with Crippen LogP contribution in [0.25, 0.3) is 0 Å². The fourth-order valence-corrected chi connectivity index (χ4v) is 3.82. The van der Waals surface area contributed by atoms with E-state index in [1.54, 1.807) is 32.9 Å². The first-order chi connectivity index (χ1) is 17.4. The van der Waals surface area contributed by atoms with Crippen molar-refractivity contribution in [3.63, 3.8) is 0 Å². The quantitative estimate of drug-likeness (QED) is 0.442. The van der Waals surface area contributed by atoms with Crippen molar-refractivity contribution in [2.45, 2.75) is 65.6 Å². The summed E-state index contributed by atoms with van der Waals surface area (Å²) >= 11 is 0. The number of anilines is 1. The zero-order valence-corrected chi connectivity index (χ0v) is 22.3. The van der Waals surface area contributed by atoms with Crippen LogP contribution in [0.15, 0.2) is 42.5 Å². The Morgan fingerprint density at radius 3 is 2.16 bits per heavy atom. The van der Waals surface area contributed by atoms with E-state index in [1.165, 1.54) is 0 Å². The van der Waals surface area contributed by atoms with Gasteiger partial charge in [0.2, 0.25) is 5.91 Å². The molecule has 0 spiro atoms. The first-order valence-corrected chi connectivity index (χ1v) is 12.2. The smallest absolute Gasteiger partial charge is 0.408 e. The summed E-state index contributed by atoms with van der Waals surface area (Å²) in [4.78, 5) is 40.7. The van der Waals surface area contributed by atoms with E-state index < -0.39 is 48.7 Å². The average Bonchev–Trinajstić information content (AvgIpc) is 2.83. The number of hydrogen-bond donors (Lipinski definition) is 3. The molecule has 0 heterocycles. The van der Waals surface area contributed by atoms with Gasteiger partial charge in [0, 0.05) is 5.69 Å². The molecule has 0 aliphatic rings. The van der Waals surface area contributed by atoms with E-state index in [0.717, 1.165) is 28.0 Å². The van der Waals surface area contributed by atoms with Crippen LogP contribution in [0.1, 0.15) is 56.0 Å². The van der Waals surface area contributed by atoms with Gasteiger partial charge in [-0.05, 0) is 63.3 Å². The number of aliphatic hydroxyl groups is 1. The number of nitrogens with zero attached hydrogens (tertiary/aromatic N) is 2. The lowest BCUT2D eigenvalue weighted by atomic mass is 10.00. The third kappa shape index (κ3) is 8.05. The van der Waals surface area contributed by atoms with E-state index in [9.17, 15) is 24.8 Å². The van der Waals surface area contributed by atoms with Crippen LogP contribution < -0.4 is 10.6 Å². The summed E-state index contributed by atoms with van der Waals surface area (Å²) < 4.78 is 5.21. The molecule has 0 radical (unpaired) electrons. The van der Waals surface area contributed by atoms with E-state index in [4.69, 9.17) is 4.74 Å². The first kappa shape index (κ1) is 29.3. The summed E-state index contributed by atoms with van der Waals surface area (Å²) in [5, 5.41) is 24.8. The van der Waals surface area contributed by atoms with Crippen molar-refractivity contribution in [3.8, 4) is 6.07 Å². The van der Waals surface area contributed by atoms with Crippen molar-refractivity contribution < 1.29 is 24.2 Å². The van der Waals surface area contributed by atoms with E-state index in [1.807, 2.05) is 57.2 Å². The lowest BCUT2D eigenvalue weighted by molar-refractivity contribution is -0.140. The molecule has 198 valence electrons. The third-order valence-electron chi connectivity index (χ3n) is 5.69. The molecule has 9 nitrogen and oxygen atoms in total. The molecule has 3 N–H and O–H groups in total. The Morgan fingerprint density at radius 1 is 1.08 bits per heavy atom. The van der Waals surface area contributed by atoms with Crippen LogP contribution in [-0.4, -0.2) is 52.7 Å². The number of carbonyl (C=O) groups is 3. The van der Waals surface area contributed by atoms with Crippen molar-refractivity contribution in [3.05, 3.63) is 64.7 Å². The Kier molecular flexibility index (Phi) is 10.2. The molecule has 2 aromatic carbocycles. The zero-order chi connectivity index (χ0) is 27.8. The third-order valence-corrected chi connectivity index (χ3v) is 5.69. The molecule has 2 rings (SSSR count). The molecule has 2 unspecified atom stereocenters. The molecule has 9 heteroatoms. The Labute approximate surface area is 218 Å². The zero-order valence-electron chi connectivity index (χ0n) is 22.3. The van der Waals surface area contributed by atoms with Crippen LogP contribution in [0, 0.1) is 25.2 Å². The number of nitriles is 1. The van der Waals surface area contributed by atoms with Crippen molar-refractivity contribution in [2.24, 2.45) is 0 Å². The van der Waals surface area contributed by atoms with Crippen LogP contribution in [0.5, 0.6) is 0 Å². The van der Waals surface area contributed by atoms with Gasteiger partial charge < -0.3 is 25.4 Å². The molecule has 0 saturated carbocycles. The predicted octanol–water partition coefficient (Wildman–Crippen LogP) is 3.78. The highest BCUT2D eigenvalue weighted by Crippen LogP contribution is 2.27. The Hall–Kier alpha value is -3.90. The summed E-state index contributed by atoms with van der Waals surface area (Å²) in [7, 11) is 0.